The highest BCUT2D eigenvalue weighted by Crippen LogP contribution is 2.31. The minimum atomic E-state index is 0.267. The van der Waals surface area contributed by atoms with Crippen molar-refractivity contribution in [3.8, 4) is 0 Å². The third-order valence-electron chi connectivity index (χ3n) is 3.90. The normalized spacial score (nSPS) is 33.4. The number of rotatable bonds is 2. The molecule has 2 rings (SSSR count). The van der Waals surface area contributed by atoms with Crippen LogP contribution in [0.25, 0.3) is 0 Å². The van der Waals surface area contributed by atoms with Crippen molar-refractivity contribution in [3.05, 3.63) is 0 Å². The van der Waals surface area contributed by atoms with Crippen LogP contribution in [0.15, 0.2) is 0 Å². The molecule has 2 aliphatic rings. The molecule has 0 aromatic rings. The van der Waals surface area contributed by atoms with Crippen molar-refractivity contribution in [2.75, 3.05) is 32.8 Å². The first-order valence-corrected chi connectivity index (χ1v) is 5.80. The average molecular weight is 198 g/mol. The Morgan fingerprint density at radius 2 is 2.14 bits per heavy atom. The van der Waals surface area contributed by atoms with Crippen molar-refractivity contribution in [1.29, 1.82) is 0 Å². The minimum absolute atomic E-state index is 0.267. The molecule has 82 valence electrons. The van der Waals surface area contributed by atoms with Gasteiger partial charge in [0.15, 0.2) is 0 Å². The highest BCUT2D eigenvalue weighted by atomic mass is 16.5. The van der Waals surface area contributed by atoms with Crippen molar-refractivity contribution in [1.82, 2.24) is 4.90 Å². The van der Waals surface area contributed by atoms with Gasteiger partial charge in [0, 0.05) is 31.8 Å². The largest absolute Gasteiger partial charge is 0.381 e. The Balaban J connectivity index is 2.03. The molecule has 1 atom stereocenters. The summed E-state index contributed by atoms with van der Waals surface area (Å²) in [7, 11) is 0. The molecule has 0 aliphatic carbocycles. The molecular weight excluding hydrogens is 176 g/mol. The number of hydrogen-bond donors (Lipinski definition) is 1. The zero-order valence-corrected chi connectivity index (χ0v) is 9.17. The van der Waals surface area contributed by atoms with E-state index in [1.165, 1.54) is 19.5 Å². The molecule has 2 saturated heterocycles. The van der Waals surface area contributed by atoms with Crippen LogP contribution in [0, 0.1) is 5.92 Å². The van der Waals surface area contributed by atoms with Gasteiger partial charge in [0.25, 0.3) is 0 Å². The first kappa shape index (κ1) is 10.4. The highest BCUT2D eigenvalue weighted by Gasteiger charge is 2.39. The van der Waals surface area contributed by atoms with E-state index in [1.807, 2.05) is 0 Å². The Morgan fingerprint density at radius 3 is 2.64 bits per heavy atom. The minimum Gasteiger partial charge on any atom is -0.381 e. The fraction of sp³-hybridized carbons (Fsp3) is 1.00. The van der Waals surface area contributed by atoms with Gasteiger partial charge < -0.3 is 10.5 Å². The van der Waals surface area contributed by atoms with Crippen molar-refractivity contribution < 1.29 is 4.74 Å². The van der Waals surface area contributed by atoms with Gasteiger partial charge in [-0.2, -0.15) is 0 Å². The van der Waals surface area contributed by atoms with Crippen LogP contribution in [-0.2, 0) is 4.74 Å². The Kier molecular flexibility index (Phi) is 3.10. The molecule has 0 amide bonds. The molecule has 3 heteroatoms. The van der Waals surface area contributed by atoms with E-state index >= 15 is 0 Å². The van der Waals surface area contributed by atoms with Crippen molar-refractivity contribution in [3.63, 3.8) is 0 Å². The van der Waals surface area contributed by atoms with E-state index in [0.717, 1.165) is 38.5 Å². The van der Waals surface area contributed by atoms with Crippen LogP contribution in [0.1, 0.15) is 26.2 Å². The monoisotopic (exact) mass is 198 g/mol. The summed E-state index contributed by atoms with van der Waals surface area (Å²) in [6.45, 7) is 7.38. The lowest BCUT2D eigenvalue weighted by atomic mass is 9.88. The first-order chi connectivity index (χ1) is 6.77. The van der Waals surface area contributed by atoms with Gasteiger partial charge in [0.05, 0.1) is 0 Å². The number of nitrogens with two attached hydrogens (primary N) is 1. The molecule has 3 nitrogen and oxygen atoms in total. The van der Waals surface area contributed by atoms with Crippen LogP contribution in [0.3, 0.4) is 0 Å². The molecule has 0 aromatic carbocycles. The number of likely N-dealkylation sites (tertiary alicyclic amines) is 1. The fourth-order valence-corrected chi connectivity index (χ4v) is 2.77. The molecular formula is C11H22N2O. The third-order valence-corrected chi connectivity index (χ3v) is 3.90. The number of hydrogen-bond acceptors (Lipinski definition) is 3. The molecule has 0 radical (unpaired) electrons. The molecule has 2 N–H and O–H groups in total. The molecule has 0 bridgehead atoms. The standard InChI is InChI=1S/C11H22N2O/c1-10-2-5-13(8-10)11(9-12)3-6-14-7-4-11/h10H,2-9,12H2,1H3. The summed E-state index contributed by atoms with van der Waals surface area (Å²) < 4.78 is 5.43. The van der Waals surface area contributed by atoms with Crippen LogP contribution in [0.2, 0.25) is 0 Å². The second kappa shape index (κ2) is 4.17. The Morgan fingerprint density at radius 1 is 1.43 bits per heavy atom. The summed E-state index contributed by atoms with van der Waals surface area (Å²) in [6, 6.07) is 0. The quantitative estimate of drug-likeness (QED) is 0.714. The topological polar surface area (TPSA) is 38.5 Å². The lowest BCUT2D eigenvalue weighted by molar-refractivity contribution is -0.0153. The van der Waals surface area contributed by atoms with E-state index in [9.17, 15) is 0 Å². The molecule has 14 heavy (non-hydrogen) atoms. The van der Waals surface area contributed by atoms with Gasteiger partial charge in [-0.05, 0) is 31.7 Å². The fourth-order valence-electron chi connectivity index (χ4n) is 2.77. The average Bonchev–Trinajstić information content (AvgIpc) is 2.66. The predicted molar refractivity (Wildman–Crippen MR) is 57.2 cm³/mol. The molecule has 2 heterocycles. The summed E-state index contributed by atoms with van der Waals surface area (Å²) >= 11 is 0. The summed E-state index contributed by atoms with van der Waals surface area (Å²) in [5, 5.41) is 0. The van der Waals surface area contributed by atoms with Gasteiger partial charge in [-0.15, -0.1) is 0 Å². The second-order valence-corrected chi connectivity index (χ2v) is 4.88. The Labute approximate surface area is 86.6 Å². The van der Waals surface area contributed by atoms with Crippen molar-refractivity contribution in [2.24, 2.45) is 11.7 Å². The highest BCUT2D eigenvalue weighted by molar-refractivity contribution is 4.96. The molecule has 0 aromatic heterocycles. The van der Waals surface area contributed by atoms with Gasteiger partial charge in [0.1, 0.15) is 0 Å². The van der Waals surface area contributed by atoms with Crippen molar-refractivity contribution >= 4 is 0 Å². The van der Waals surface area contributed by atoms with E-state index < -0.39 is 0 Å². The van der Waals surface area contributed by atoms with Crippen LogP contribution < -0.4 is 5.73 Å². The number of ether oxygens (including phenoxy) is 1. The van der Waals surface area contributed by atoms with Crippen LogP contribution in [0.5, 0.6) is 0 Å². The summed E-state index contributed by atoms with van der Waals surface area (Å²) in [5.41, 5.74) is 6.23. The molecule has 2 fully saturated rings. The zero-order valence-electron chi connectivity index (χ0n) is 9.17. The summed E-state index contributed by atoms with van der Waals surface area (Å²) in [5.74, 6) is 0.848. The van der Waals surface area contributed by atoms with E-state index in [0.29, 0.717) is 0 Å². The Bertz CT molecular complexity index is 190. The van der Waals surface area contributed by atoms with Gasteiger partial charge in [-0.3, -0.25) is 4.90 Å². The van der Waals surface area contributed by atoms with Crippen LogP contribution >= 0.6 is 0 Å². The molecule has 2 aliphatic heterocycles. The SMILES string of the molecule is CC1CCN(C2(CN)CCOCC2)C1. The van der Waals surface area contributed by atoms with E-state index in [1.54, 1.807) is 0 Å². The summed E-state index contributed by atoms with van der Waals surface area (Å²) in [6.07, 6.45) is 3.58. The zero-order chi connectivity index (χ0) is 10.0. The van der Waals surface area contributed by atoms with Crippen LogP contribution in [-0.4, -0.2) is 43.3 Å². The summed E-state index contributed by atoms with van der Waals surface area (Å²) in [4.78, 5) is 2.61. The smallest absolute Gasteiger partial charge is 0.0484 e. The van der Waals surface area contributed by atoms with E-state index in [4.69, 9.17) is 10.5 Å². The van der Waals surface area contributed by atoms with Gasteiger partial charge in [0.2, 0.25) is 0 Å². The molecule has 0 spiro atoms. The van der Waals surface area contributed by atoms with E-state index in [2.05, 4.69) is 11.8 Å². The lowest BCUT2D eigenvalue weighted by Gasteiger charge is -2.44. The third kappa shape index (κ3) is 1.81. The first-order valence-electron chi connectivity index (χ1n) is 5.80. The van der Waals surface area contributed by atoms with Gasteiger partial charge in [-0.1, -0.05) is 6.92 Å². The maximum atomic E-state index is 5.97. The van der Waals surface area contributed by atoms with Crippen LogP contribution in [0.4, 0.5) is 0 Å². The Hall–Kier alpha value is -0.120. The van der Waals surface area contributed by atoms with Gasteiger partial charge in [-0.25, -0.2) is 0 Å². The maximum Gasteiger partial charge on any atom is 0.0484 e. The van der Waals surface area contributed by atoms with Gasteiger partial charge >= 0.3 is 0 Å². The maximum absolute atomic E-state index is 5.97. The second-order valence-electron chi connectivity index (χ2n) is 4.88. The molecule has 1 unspecified atom stereocenters. The van der Waals surface area contributed by atoms with Crippen molar-refractivity contribution in [2.45, 2.75) is 31.7 Å². The predicted octanol–water partition coefficient (Wildman–Crippen LogP) is 0.836. The van der Waals surface area contributed by atoms with E-state index in [-0.39, 0.29) is 5.54 Å². The molecule has 0 saturated carbocycles. The number of nitrogens with zero attached hydrogens (tertiary/aromatic N) is 1. The lowest BCUT2D eigenvalue weighted by Crippen LogP contribution is -2.55.